The van der Waals surface area contributed by atoms with Gasteiger partial charge in [-0.25, -0.2) is 0 Å². The van der Waals surface area contributed by atoms with Gasteiger partial charge in [0, 0.05) is 5.02 Å². The molecule has 0 saturated carbocycles. The lowest BCUT2D eigenvalue weighted by molar-refractivity contribution is 0.529. The highest BCUT2D eigenvalue weighted by molar-refractivity contribution is 6.31. The number of benzene rings is 1. The molecular weight excluding hydrogens is 348 g/mol. The van der Waals surface area contributed by atoms with E-state index >= 15 is 0 Å². The van der Waals surface area contributed by atoms with Crippen LogP contribution < -0.4 is 0 Å². The summed E-state index contributed by atoms with van der Waals surface area (Å²) in [5.41, 5.74) is 4.14. The topological polar surface area (TPSA) is 0 Å². The summed E-state index contributed by atoms with van der Waals surface area (Å²) in [7, 11) is 0. The Morgan fingerprint density at radius 1 is 0.556 bits per heavy atom. The number of aryl methyl sites for hydroxylation is 1. The van der Waals surface area contributed by atoms with E-state index in [0.717, 1.165) is 5.02 Å². The maximum atomic E-state index is 6.19. The van der Waals surface area contributed by atoms with Crippen molar-refractivity contribution in [1.29, 1.82) is 0 Å². The van der Waals surface area contributed by atoms with Crippen molar-refractivity contribution in [3.05, 3.63) is 33.8 Å². The minimum absolute atomic E-state index is 0.906. The molecule has 1 heteroatoms. The van der Waals surface area contributed by atoms with E-state index in [9.17, 15) is 0 Å². The van der Waals surface area contributed by atoms with Crippen molar-refractivity contribution in [3.63, 3.8) is 0 Å². The largest absolute Gasteiger partial charge is 0.0840 e. The van der Waals surface area contributed by atoms with Gasteiger partial charge in [0.25, 0.3) is 0 Å². The predicted molar refractivity (Wildman–Crippen MR) is 124 cm³/mol. The molecule has 0 nitrogen and oxygen atoms in total. The molecule has 0 saturated heterocycles. The number of unbranched alkanes of at least 4 members (excludes halogenated alkanes) is 15. The van der Waals surface area contributed by atoms with Crippen LogP contribution in [0.5, 0.6) is 0 Å². The average Bonchev–Trinajstić information content (AvgIpc) is 2.67. The Balaban J connectivity index is 1.85. The standard InChI is InChI=1S/C26H45Cl/c1-4-5-6-7-8-9-10-11-12-13-14-15-16-17-18-19-20-25-21-22-26(27)24(3)23(25)2/h21-22H,4-20H2,1-3H3. The molecular formula is C26H45Cl. The van der Waals surface area contributed by atoms with Crippen molar-refractivity contribution < 1.29 is 0 Å². The molecule has 0 aromatic heterocycles. The quantitative estimate of drug-likeness (QED) is 0.231. The third-order valence-corrected chi connectivity index (χ3v) is 6.54. The highest BCUT2D eigenvalue weighted by atomic mass is 35.5. The molecule has 1 aromatic carbocycles. The second kappa shape index (κ2) is 16.5. The van der Waals surface area contributed by atoms with E-state index in [1.54, 1.807) is 0 Å². The van der Waals surface area contributed by atoms with Gasteiger partial charge in [0.15, 0.2) is 0 Å². The molecule has 0 fully saturated rings. The minimum Gasteiger partial charge on any atom is -0.0840 e. The highest BCUT2D eigenvalue weighted by Gasteiger charge is 2.04. The number of hydrogen-bond acceptors (Lipinski definition) is 0. The normalized spacial score (nSPS) is 11.3. The first-order valence-corrected chi connectivity index (χ1v) is 12.3. The summed E-state index contributed by atoms with van der Waals surface area (Å²) in [6.45, 7) is 6.64. The summed E-state index contributed by atoms with van der Waals surface area (Å²) in [5.74, 6) is 0. The Kier molecular flexibility index (Phi) is 15.0. The van der Waals surface area contributed by atoms with Crippen LogP contribution in [0.2, 0.25) is 5.02 Å². The summed E-state index contributed by atoms with van der Waals surface area (Å²) in [6.07, 6.45) is 24.1. The van der Waals surface area contributed by atoms with Crippen molar-refractivity contribution in [2.75, 3.05) is 0 Å². The molecule has 0 atom stereocenters. The van der Waals surface area contributed by atoms with Crippen LogP contribution in [-0.4, -0.2) is 0 Å². The van der Waals surface area contributed by atoms with Crippen LogP contribution in [-0.2, 0) is 6.42 Å². The lowest BCUT2D eigenvalue weighted by Gasteiger charge is -2.10. The van der Waals surface area contributed by atoms with E-state index in [0.29, 0.717) is 0 Å². The number of halogens is 1. The van der Waals surface area contributed by atoms with E-state index in [4.69, 9.17) is 11.6 Å². The maximum Gasteiger partial charge on any atom is 0.0438 e. The van der Waals surface area contributed by atoms with Crippen LogP contribution in [0.25, 0.3) is 0 Å². The van der Waals surface area contributed by atoms with Crippen molar-refractivity contribution in [3.8, 4) is 0 Å². The fourth-order valence-corrected chi connectivity index (χ4v) is 4.18. The van der Waals surface area contributed by atoms with Crippen molar-refractivity contribution in [2.45, 2.75) is 130 Å². The number of hydrogen-bond donors (Lipinski definition) is 0. The average molecular weight is 393 g/mol. The Morgan fingerprint density at radius 2 is 0.963 bits per heavy atom. The molecule has 0 aliphatic carbocycles. The van der Waals surface area contributed by atoms with Crippen LogP contribution in [0, 0.1) is 13.8 Å². The van der Waals surface area contributed by atoms with E-state index in [-0.39, 0.29) is 0 Å². The van der Waals surface area contributed by atoms with E-state index < -0.39 is 0 Å². The molecule has 27 heavy (non-hydrogen) atoms. The molecule has 0 N–H and O–H groups in total. The molecule has 1 aromatic rings. The molecule has 0 amide bonds. The lowest BCUT2D eigenvalue weighted by Crippen LogP contribution is -1.93. The Morgan fingerprint density at radius 3 is 1.41 bits per heavy atom. The maximum absolute atomic E-state index is 6.19. The zero-order chi connectivity index (χ0) is 19.7. The van der Waals surface area contributed by atoms with Crippen LogP contribution in [0.1, 0.15) is 126 Å². The van der Waals surface area contributed by atoms with Gasteiger partial charge >= 0.3 is 0 Å². The second-order valence-electron chi connectivity index (χ2n) is 8.51. The molecule has 1 rings (SSSR count). The molecule has 0 spiro atoms. The van der Waals surface area contributed by atoms with Crippen LogP contribution >= 0.6 is 11.6 Å². The van der Waals surface area contributed by atoms with Crippen LogP contribution in [0.3, 0.4) is 0 Å². The summed E-state index contributed by atoms with van der Waals surface area (Å²) in [6, 6.07) is 4.28. The van der Waals surface area contributed by atoms with Gasteiger partial charge in [0.1, 0.15) is 0 Å². The molecule has 0 heterocycles. The summed E-state index contributed by atoms with van der Waals surface area (Å²) < 4.78 is 0. The van der Waals surface area contributed by atoms with Gasteiger partial charge < -0.3 is 0 Å². The third kappa shape index (κ3) is 11.8. The molecule has 0 radical (unpaired) electrons. The van der Waals surface area contributed by atoms with Crippen LogP contribution in [0.15, 0.2) is 12.1 Å². The Hall–Kier alpha value is -0.490. The van der Waals surface area contributed by atoms with Crippen LogP contribution in [0.4, 0.5) is 0 Å². The van der Waals surface area contributed by atoms with E-state index in [2.05, 4.69) is 32.9 Å². The monoisotopic (exact) mass is 392 g/mol. The van der Waals surface area contributed by atoms with E-state index in [1.807, 2.05) is 0 Å². The predicted octanol–water partition coefficient (Wildman–Crippen LogP) is 9.76. The van der Waals surface area contributed by atoms with Gasteiger partial charge in [-0.2, -0.15) is 0 Å². The Bertz CT molecular complexity index is 477. The van der Waals surface area contributed by atoms with E-state index in [1.165, 1.54) is 126 Å². The summed E-state index contributed by atoms with van der Waals surface area (Å²) in [4.78, 5) is 0. The second-order valence-corrected chi connectivity index (χ2v) is 8.92. The van der Waals surface area contributed by atoms with Gasteiger partial charge in [-0.3, -0.25) is 0 Å². The van der Waals surface area contributed by atoms with Crippen molar-refractivity contribution in [1.82, 2.24) is 0 Å². The zero-order valence-corrected chi connectivity index (χ0v) is 19.3. The van der Waals surface area contributed by atoms with Gasteiger partial charge in [-0.05, 0) is 49.4 Å². The van der Waals surface area contributed by atoms with Gasteiger partial charge in [-0.1, -0.05) is 121 Å². The molecule has 0 unspecified atom stereocenters. The minimum atomic E-state index is 0.906. The highest BCUT2D eigenvalue weighted by Crippen LogP contribution is 2.23. The van der Waals surface area contributed by atoms with Crippen molar-refractivity contribution in [2.24, 2.45) is 0 Å². The first kappa shape index (κ1) is 24.5. The number of rotatable bonds is 17. The van der Waals surface area contributed by atoms with Crippen molar-refractivity contribution >= 4 is 11.6 Å². The molecule has 0 aliphatic heterocycles. The molecule has 0 bridgehead atoms. The smallest absolute Gasteiger partial charge is 0.0438 e. The fraction of sp³-hybridized carbons (Fsp3) is 0.769. The van der Waals surface area contributed by atoms with Gasteiger partial charge in [0.2, 0.25) is 0 Å². The zero-order valence-electron chi connectivity index (χ0n) is 18.6. The molecule has 0 aliphatic rings. The lowest BCUT2D eigenvalue weighted by atomic mass is 9.98. The molecule has 156 valence electrons. The first-order valence-electron chi connectivity index (χ1n) is 11.9. The first-order chi connectivity index (χ1) is 13.2. The Labute approximate surface area is 175 Å². The SMILES string of the molecule is CCCCCCCCCCCCCCCCCCc1ccc(Cl)c(C)c1C. The van der Waals surface area contributed by atoms with Gasteiger partial charge in [-0.15, -0.1) is 0 Å². The summed E-state index contributed by atoms with van der Waals surface area (Å²) >= 11 is 6.19. The third-order valence-electron chi connectivity index (χ3n) is 6.13. The summed E-state index contributed by atoms with van der Waals surface area (Å²) in [5, 5.41) is 0.906. The fourth-order valence-electron chi connectivity index (χ4n) is 3.98. The van der Waals surface area contributed by atoms with Gasteiger partial charge in [0.05, 0.1) is 0 Å².